The fourth-order valence-corrected chi connectivity index (χ4v) is 8.91. The number of benzene rings is 2. The molecule has 3 atom stereocenters. The number of hydrogen-bond acceptors (Lipinski definition) is 8. The van der Waals surface area contributed by atoms with Gasteiger partial charge in [-0.2, -0.15) is 8.42 Å². The van der Waals surface area contributed by atoms with E-state index in [-0.39, 0.29) is 76.8 Å². The van der Waals surface area contributed by atoms with Crippen LogP contribution < -0.4 is 9.47 Å². The van der Waals surface area contributed by atoms with Gasteiger partial charge in [-0.25, -0.2) is 0 Å². The standard InChI is InChI=1S/C54H90O9S.K.H/c1-3-5-7-9-11-13-15-17-19-21-23-25-27-31-41-50(62-48-37-33-29-34-38-48)43-45-60-53(55)47-52(64(57,58)59)54(56)61-46-44-51(63-49-39-35-30-36-40-49)42-32-28-26-24-22-20-18-16-14-12-10-8-6-4-2;;/h29-30,33-40,50-52H,3-28,31-32,41-47H2,1-2H3,(H,57,58,59);;. The second-order valence-electron chi connectivity index (χ2n) is 18.0. The van der Waals surface area contributed by atoms with E-state index in [9.17, 15) is 22.6 Å². The number of esters is 2. The van der Waals surface area contributed by atoms with Gasteiger partial charge in [0.1, 0.15) is 23.7 Å². The summed E-state index contributed by atoms with van der Waals surface area (Å²) < 4.78 is 57.8. The monoisotopic (exact) mass is 955 g/mol. The van der Waals surface area contributed by atoms with Crippen molar-refractivity contribution in [2.45, 2.75) is 243 Å². The van der Waals surface area contributed by atoms with Crippen molar-refractivity contribution in [3.05, 3.63) is 60.7 Å². The quantitative estimate of drug-likeness (QED) is 0.0299. The van der Waals surface area contributed by atoms with E-state index in [1.165, 1.54) is 148 Å². The molecule has 0 aliphatic carbocycles. The summed E-state index contributed by atoms with van der Waals surface area (Å²) in [5.74, 6) is -0.650. The molecule has 0 saturated carbocycles. The zero-order valence-electron chi connectivity index (χ0n) is 40.4. The van der Waals surface area contributed by atoms with Crippen molar-refractivity contribution in [2.24, 2.45) is 0 Å². The Morgan fingerprint density at radius 1 is 0.462 bits per heavy atom. The minimum atomic E-state index is -4.94. The molecule has 0 aliphatic heterocycles. The van der Waals surface area contributed by atoms with Crippen molar-refractivity contribution in [1.29, 1.82) is 0 Å². The van der Waals surface area contributed by atoms with Crippen LogP contribution in [0.25, 0.3) is 0 Å². The molecule has 0 aromatic heterocycles. The SMILES string of the molecule is CCCCCCCCCCCCCCCCC(CCOC(=O)CC(C(=O)OCCC(CCCCCCCCCCCCCCCC)Oc1ccccc1)S(=O)(=O)O)Oc1ccccc1.[KH]. The summed E-state index contributed by atoms with van der Waals surface area (Å²) in [5.41, 5.74) is 0. The maximum absolute atomic E-state index is 13.0. The molecule has 1 N–H and O–H groups in total. The van der Waals surface area contributed by atoms with E-state index in [1.54, 1.807) is 0 Å². The van der Waals surface area contributed by atoms with E-state index in [0.29, 0.717) is 18.6 Å². The van der Waals surface area contributed by atoms with E-state index in [0.717, 1.165) is 50.7 Å². The van der Waals surface area contributed by atoms with Gasteiger partial charge >= 0.3 is 63.3 Å². The molecule has 368 valence electrons. The molecule has 0 spiro atoms. The van der Waals surface area contributed by atoms with Gasteiger partial charge in [0, 0.05) is 12.8 Å². The van der Waals surface area contributed by atoms with Crippen molar-refractivity contribution in [3.8, 4) is 11.5 Å². The van der Waals surface area contributed by atoms with Gasteiger partial charge in [0.15, 0.2) is 5.25 Å². The maximum atomic E-state index is 13.0. The Labute approximate surface area is 439 Å². The summed E-state index contributed by atoms with van der Waals surface area (Å²) in [6.07, 6.45) is 36.7. The number of unbranched alkanes of at least 4 members (excludes halogenated alkanes) is 26. The van der Waals surface area contributed by atoms with Crippen LogP contribution in [0.5, 0.6) is 11.5 Å². The van der Waals surface area contributed by atoms with Crippen molar-refractivity contribution >= 4 is 73.4 Å². The van der Waals surface area contributed by atoms with Crippen LogP contribution in [0.4, 0.5) is 0 Å². The van der Waals surface area contributed by atoms with E-state index in [4.69, 9.17) is 18.9 Å². The molecular weight excluding hydrogens is 864 g/mol. The molecule has 0 amide bonds. The van der Waals surface area contributed by atoms with Gasteiger partial charge in [0.25, 0.3) is 10.1 Å². The van der Waals surface area contributed by atoms with Crippen LogP contribution in [-0.4, -0.2) is 107 Å². The molecule has 9 nitrogen and oxygen atoms in total. The molecule has 0 aliphatic rings. The first-order valence-electron chi connectivity index (χ1n) is 25.9. The van der Waals surface area contributed by atoms with Crippen LogP contribution in [-0.2, 0) is 29.2 Å². The Kier molecular flexibility index (Phi) is 40.3. The molecule has 2 aromatic carbocycles. The number of carbonyl (C=O) groups excluding carboxylic acids is 2. The first-order valence-corrected chi connectivity index (χ1v) is 27.4. The van der Waals surface area contributed by atoms with Crippen LogP contribution in [0.2, 0.25) is 0 Å². The van der Waals surface area contributed by atoms with Crippen LogP contribution in [0.1, 0.15) is 226 Å². The molecule has 0 saturated heterocycles. The minimum absolute atomic E-state index is 0. The van der Waals surface area contributed by atoms with Gasteiger partial charge in [0.05, 0.1) is 19.6 Å². The topological polar surface area (TPSA) is 125 Å². The number of carbonyl (C=O) groups is 2. The van der Waals surface area contributed by atoms with Crippen molar-refractivity contribution in [3.63, 3.8) is 0 Å². The first kappa shape index (κ1) is 61.5. The zero-order chi connectivity index (χ0) is 46.2. The molecule has 0 bridgehead atoms. The summed E-state index contributed by atoms with van der Waals surface area (Å²) in [6, 6.07) is 19.0. The average molecular weight is 955 g/mol. The van der Waals surface area contributed by atoms with Gasteiger partial charge < -0.3 is 18.9 Å². The van der Waals surface area contributed by atoms with Crippen molar-refractivity contribution < 1.29 is 41.5 Å². The molecular formula is C54H91KO9S. The second-order valence-corrected chi connectivity index (χ2v) is 19.6. The van der Waals surface area contributed by atoms with Gasteiger partial charge in [-0.1, -0.05) is 217 Å². The molecule has 0 heterocycles. The Morgan fingerprint density at radius 2 is 0.769 bits per heavy atom. The van der Waals surface area contributed by atoms with Gasteiger partial charge in [-0.3, -0.25) is 14.1 Å². The van der Waals surface area contributed by atoms with E-state index in [1.807, 2.05) is 60.7 Å². The molecule has 11 heteroatoms. The predicted molar refractivity (Wildman–Crippen MR) is 270 cm³/mol. The van der Waals surface area contributed by atoms with E-state index < -0.39 is 33.7 Å². The summed E-state index contributed by atoms with van der Waals surface area (Å²) in [5, 5.41) is -2.08. The third-order valence-electron chi connectivity index (χ3n) is 12.2. The van der Waals surface area contributed by atoms with E-state index in [2.05, 4.69) is 13.8 Å². The third-order valence-corrected chi connectivity index (χ3v) is 13.3. The van der Waals surface area contributed by atoms with Gasteiger partial charge in [-0.05, 0) is 49.9 Å². The molecule has 2 rings (SSSR count). The normalized spacial score (nSPS) is 12.8. The molecule has 0 fully saturated rings. The summed E-state index contributed by atoms with van der Waals surface area (Å²) in [7, 11) is -4.94. The Morgan fingerprint density at radius 3 is 1.09 bits per heavy atom. The molecule has 0 radical (unpaired) electrons. The summed E-state index contributed by atoms with van der Waals surface area (Å²) in [6.45, 7) is 4.39. The van der Waals surface area contributed by atoms with Gasteiger partial charge in [-0.15, -0.1) is 0 Å². The van der Waals surface area contributed by atoms with Crippen LogP contribution in [0.3, 0.4) is 0 Å². The molecule has 3 unspecified atom stereocenters. The fraction of sp³-hybridized carbons (Fsp3) is 0.741. The second kappa shape index (κ2) is 42.6. The summed E-state index contributed by atoms with van der Waals surface area (Å²) in [4.78, 5) is 25.9. The Balaban J connectivity index is 0.0000211. The number of hydrogen-bond donors (Lipinski definition) is 1. The van der Waals surface area contributed by atoms with Gasteiger partial charge in [0.2, 0.25) is 0 Å². The first-order chi connectivity index (χ1) is 31.2. The number of ether oxygens (including phenoxy) is 4. The van der Waals surface area contributed by atoms with Crippen LogP contribution in [0.15, 0.2) is 60.7 Å². The van der Waals surface area contributed by atoms with Crippen molar-refractivity contribution in [1.82, 2.24) is 0 Å². The van der Waals surface area contributed by atoms with Crippen LogP contribution in [0, 0.1) is 0 Å². The molecule has 65 heavy (non-hydrogen) atoms. The molecule has 2 aromatic rings. The van der Waals surface area contributed by atoms with Crippen LogP contribution >= 0.6 is 0 Å². The van der Waals surface area contributed by atoms with E-state index >= 15 is 0 Å². The fourth-order valence-electron chi connectivity index (χ4n) is 8.25. The predicted octanol–water partition coefficient (Wildman–Crippen LogP) is 14.5. The number of para-hydroxylation sites is 2. The average Bonchev–Trinajstić information content (AvgIpc) is 3.28. The van der Waals surface area contributed by atoms with Crippen molar-refractivity contribution in [2.75, 3.05) is 13.2 Å². The number of rotatable bonds is 44. The third kappa shape index (κ3) is 35.3. The Bertz CT molecular complexity index is 1490. The zero-order valence-corrected chi connectivity index (χ0v) is 41.2. The Hall–Kier alpha value is -1.47. The summed E-state index contributed by atoms with van der Waals surface area (Å²) >= 11 is 0.